The van der Waals surface area contributed by atoms with Gasteiger partial charge in [0.05, 0.1) is 5.75 Å². The molecule has 2 saturated carbocycles. The fourth-order valence-corrected chi connectivity index (χ4v) is 5.82. The van der Waals surface area contributed by atoms with Crippen LogP contribution >= 0.6 is 23.4 Å². The Kier molecular flexibility index (Phi) is 7.37. The molecule has 5 nitrogen and oxygen atoms in total. The molecule has 4 rings (SSSR count). The molecule has 162 valence electrons. The van der Waals surface area contributed by atoms with Crippen LogP contribution in [0.5, 0.6) is 0 Å². The molecule has 0 bridgehead atoms. The molecule has 0 saturated heterocycles. The maximum absolute atomic E-state index is 13.4. The summed E-state index contributed by atoms with van der Waals surface area (Å²) in [7, 11) is 1.96. The Morgan fingerprint density at radius 3 is 2.13 bits per heavy atom. The first-order chi connectivity index (χ1) is 14.6. The third-order valence-electron chi connectivity index (χ3n) is 6.49. The van der Waals surface area contributed by atoms with Gasteiger partial charge in [-0.25, -0.2) is 0 Å². The van der Waals surface area contributed by atoms with Crippen LogP contribution in [-0.4, -0.2) is 43.4 Å². The lowest BCUT2D eigenvalue weighted by atomic mass is 9.88. The number of benzene rings is 1. The Morgan fingerprint density at radius 1 is 1.00 bits per heavy atom. The summed E-state index contributed by atoms with van der Waals surface area (Å²) in [5.74, 6) is 1.49. The van der Waals surface area contributed by atoms with Gasteiger partial charge in [0.1, 0.15) is 0 Å². The van der Waals surface area contributed by atoms with E-state index in [1.165, 1.54) is 50.3 Å². The number of hydrogen-bond donors (Lipinski definition) is 0. The number of carbonyl (C=O) groups excluding carboxylic acids is 1. The zero-order chi connectivity index (χ0) is 20.9. The second-order valence-electron chi connectivity index (χ2n) is 8.55. The van der Waals surface area contributed by atoms with Crippen molar-refractivity contribution in [2.45, 2.75) is 81.4 Å². The van der Waals surface area contributed by atoms with Crippen LogP contribution in [0.2, 0.25) is 5.02 Å². The summed E-state index contributed by atoms with van der Waals surface area (Å²) in [6, 6.07) is 8.46. The third kappa shape index (κ3) is 5.02. The quantitative estimate of drug-likeness (QED) is 0.532. The molecule has 1 aromatic carbocycles. The normalized spacial score (nSPS) is 18.5. The van der Waals surface area contributed by atoms with Crippen molar-refractivity contribution in [3.05, 3.63) is 29.3 Å². The van der Waals surface area contributed by atoms with Crippen molar-refractivity contribution in [3.63, 3.8) is 0 Å². The SMILES string of the molecule is Cn1c(SCC(=O)N(C2CCCCC2)C2CCCCC2)nnc1-c1ccc(Cl)cc1. The van der Waals surface area contributed by atoms with Crippen LogP contribution in [0.15, 0.2) is 29.4 Å². The van der Waals surface area contributed by atoms with Crippen molar-refractivity contribution < 1.29 is 4.79 Å². The van der Waals surface area contributed by atoms with E-state index in [1.807, 2.05) is 35.9 Å². The number of hydrogen-bond acceptors (Lipinski definition) is 4. The number of thioether (sulfide) groups is 1. The van der Waals surface area contributed by atoms with Crippen LogP contribution in [0.3, 0.4) is 0 Å². The number of nitrogens with zero attached hydrogens (tertiary/aromatic N) is 4. The van der Waals surface area contributed by atoms with Crippen molar-refractivity contribution >= 4 is 29.3 Å². The van der Waals surface area contributed by atoms with E-state index < -0.39 is 0 Å². The van der Waals surface area contributed by atoms with Gasteiger partial charge >= 0.3 is 0 Å². The number of amides is 1. The average molecular weight is 447 g/mol. The van der Waals surface area contributed by atoms with Gasteiger partial charge < -0.3 is 9.47 Å². The third-order valence-corrected chi connectivity index (χ3v) is 7.74. The number of carbonyl (C=O) groups is 1. The standard InChI is InChI=1S/C23H31ClN4OS/c1-27-22(17-12-14-18(24)15-13-17)25-26-23(27)30-16-21(29)28(19-8-4-2-5-9-19)20-10-6-3-7-11-20/h12-15,19-20H,2-11,16H2,1H3. The van der Waals surface area contributed by atoms with Gasteiger partial charge in [-0.05, 0) is 49.9 Å². The maximum atomic E-state index is 13.4. The Balaban J connectivity index is 1.44. The molecule has 7 heteroatoms. The van der Waals surface area contributed by atoms with Gasteiger partial charge in [0.2, 0.25) is 5.91 Å². The van der Waals surface area contributed by atoms with Crippen LogP contribution in [0.25, 0.3) is 11.4 Å². The van der Waals surface area contributed by atoms with Gasteiger partial charge in [0, 0.05) is 29.7 Å². The lowest BCUT2D eigenvalue weighted by Gasteiger charge is -2.41. The molecule has 0 radical (unpaired) electrons. The van der Waals surface area contributed by atoms with E-state index in [1.54, 1.807) is 0 Å². The monoisotopic (exact) mass is 446 g/mol. The lowest BCUT2D eigenvalue weighted by molar-refractivity contribution is -0.135. The van der Waals surface area contributed by atoms with Crippen LogP contribution in [0.1, 0.15) is 64.2 Å². The summed E-state index contributed by atoms with van der Waals surface area (Å²) in [5.41, 5.74) is 0.971. The summed E-state index contributed by atoms with van der Waals surface area (Å²) in [5, 5.41) is 10.2. The van der Waals surface area contributed by atoms with E-state index in [4.69, 9.17) is 11.6 Å². The van der Waals surface area contributed by atoms with E-state index in [9.17, 15) is 4.79 Å². The average Bonchev–Trinajstić information content (AvgIpc) is 3.15. The second-order valence-corrected chi connectivity index (χ2v) is 9.92. The molecule has 1 aromatic heterocycles. The van der Waals surface area contributed by atoms with Crippen LogP contribution in [0, 0.1) is 0 Å². The topological polar surface area (TPSA) is 51.0 Å². The fourth-order valence-electron chi connectivity index (χ4n) is 4.92. The van der Waals surface area contributed by atoms with Gasteiger partial charge in [-0.15, -0.1) is 10.2 Å². The minimum atomic E-state index is 0.273. The predicted octanol–water partition coefficient (Wildman–Crippen LogP) is 5.72. The molecule has 30 heavy (non-hydrogen) atoms. The van der Waals surface area contributed by atoms with E-state index in [0.29, 0.717) is 22.9 Å². The summed E-state index contributed by atoms with van der Waals surface area (Å²) in [6.45, 7) is 0. The van der Waals surface area contributed by atoms with E-state index in [-0.39, 0.29) is 5.91 Å². The van der Waals surface area contributed by atoms with Crippen LogP contribution in [0.4, 0.5) is 0 Å². The zero-order valence-electron chi connectivity index (χ0n) is 17.7. The highest BCUT2D eigenvalue weighted by molar-refractivity contribution is 7.99. The van der Waals surface area contributed by atoms with Gasteiger partial charge in [-0.2, -0.15) is 0 Å². The Morgan fingerprint density at radius 2 is 1.57 bits per heavy atom. The molecule has 0 aliphatic heterocycles. The van der Waals surface area contributed by atoms with Gasteiger partial charge in [0.15, 0.2) is 11.0 Å². The number of halogens is 1. The smallest absolute Gasteiger partial charge is 0.233 e. The molecule has 1 heterocycles. The van der Waals surface area contributed by atoms with Crippen molar-refractivity contribution in [3.8, 4) is 11.4 Å². The van der Waals surface area contributed by atoms with Gasteiger partial charge in [-0.1, -0.05) is 61.9 Å². The second kappa shape index (κ2) is 10.2. The molecular formula is C23H31ClN4OS. The summed E-state index contributed by atoms with van der Waals surface area (Å²) >= 11 is 7.50. The summed E-state index contributed by atoms with van der Waals surface area (Å²) in [4.78, 5) is 15.7. The van der Waals surface area contributed by atoms with Crippen LogP contribution < -0.4 is 0 Å². The largest absolute Gasteiger partial charge is 0.336 e. The van der Waals surface area contributed by atoms with Crippen LogP contribution in [-0.2, 0) is 11.8 Å². The first-order valence-electron chi connectivity index (χ1n) is 11.2. The maximum Gasteiger partial charge on any atom is 0.233 e. The van der Waals surface area contributed by atoms with Crippen molar-refractivity contribution in [2.75, 3.05) is 5.75 Å². The van der Waals surface area contributed by atoms with Gasteiger partial charge in [0.25, 0.3) is 0 Å². The molecule has 2 aliphatic rings. The highest BCUT2D eigenvalue weighted by Gasteiger charge is 2.32. The highest BCUT2D eigenvalue weighted by Crippen LogP contribution is 2.31. The summed E-state index contributed by atoms with van der Waals surface area (Å²) in [6.07, 6.45) is 12.3. The minimum absolute atomic E-state index is 0.273. The molecule has 0 unspecified atom stereocenters. The van der Waals surface area contributed by atoms with Crippen molar-refractivity contribution in [2.24, 2.45) is 7.05 Å². The first-order valence-corrected chi connectivity index (χ1v) is 12.6. The van der Waals surface area contributed by atoms with E-state index in [0.717, 1.165) is 42.2 Å². The van der Waals surface area contributed by atoms with E-state index >= 15 is 0 Å². The summed E-state index contributed by atoms with van der Waals surface area (Å²) < 4.78 is 1.97. The first kappa shape index (κ1) is 21.7. The van der Waals surface area contributed by atoms with Crippen molar-refractivity contribution in [1.29, 1.82) is 0 Å². The minimum Gasteiger partial charge on any atom is -0.336 e. The fraction of sp³-hybridized carbons (Fsp3) is 0.609. The molecule has 0 atom stereocenters. The number of rotatable bonds is 6. The molecule has 0 N–H and O–H groups in total. The Bertz CT molecular complexity index is 823. The molecule has 2 fully saturated rings. The molecule has 1 amide bonds. The molecule has 2 aliphatic carbocycles. The molecule has 0 spiro atoms. The van der Waals surface area contributed by atoms with E-state index in [2.05, 4.69) is 15.1 Å². The Labute approximate surface area is 188 Å². The van der Waals surface area contributed by atoms with Crippen molar-refractivity contribution in [1.82, 2.24) is 19.7 Å². The Hall–Kier alpha value is -1.53. The molecule has 2 aromatic rings. The van der Waals surface area contributed by atoms with Gasteiger partial charge in [-0.3, -0.25) is 4.79 Å². The number of aromatic nitrogens is 3. The molecular weight excluding hydrogens is 416 g/mol. The highest BCUT2D eigenvalue weighted by atomic mass is 35.5. The lowest BCUT2D eigenvalue weighted by Crippen LogP contribution is -2.49. The predicted molar refractivity (Wildman–Crippen MR) is 123 cm³/mol. The zero-order valence-corrected chi connectivity index (χ0v) is 19.3.